The molecule has 0 atom stereocenters. The fraction of sp³-hybridized carbons (Fsp3) is 0.278. The van der Waals surface area contributed by atoms with E-state index >= 15 is 0 Å². The molecule has 2 aromatic heterocycles. The van der Waals surface area contributed by atoms with Crippen LogP contribution in [-0.2, 0) is 12.8 Å². The molecule has 0 radical (unpaired) electrons. The molecule has 3 aromatic rings. The molecule has 0 bridgehead atoms. The maximum Gasteiger partial charge on any atom is 0.258 e. The van der Waals surface area contributed by atoms with Crippen LogP contribution >= 0.6 is 0 Å². The van der Waals surface area contributed by atoms with Gasteiger partial charge in [0.25, 0.3) is 5.56 Å². The number of hydrogen-bond acceptors (Lipinski definition) is 5. The first-order chi connectivity index (χ1) is 11.6. The molecule has 2 heterocycles. The normalized spacial score (nSPS) is 10.8. The number of aryl methyl sites for hydroxylation is 3. The van der Waals surface area contributed by atoms with Crippen LogP contribution < -0.4 is 15.0 Å². The van der Waals surface area contributed by atoms with Crippen LogP contribution in [-0.4, -0.2) is 29.2 Å². The Morgan fingerprint density at radius 2 is 1.88 bits per heavy atom. The minimum atomic E-state index is -0.186. The van der Waals surface area contributed by atoms with Crippen molar-refractivity contribution < 1.29 is 9.47 Å². The molecule has 0 aliphatic heterocycles. The third-order valence-electron chi connectivity index (χ3n) is 3.98. The summed E-state index contributed by atoms with van der Waals surface area (Å²) in [6.07, 6.45) is 3.10. The number of H-pyrrole nitrogens is 1. The monoisotopic (exact) mass is 325 g/mol. The van der Waals surface area contributed by atoms with E-state index < -0.39 is 0 Å². The van der Waals surface area contributed by atoms with Crippen LogP contribution in [0.3, 0.4) is 0 Å². The van der Waals surface area contributed by atoms with E-state index in [1.165, 1.54) is 7.11 Å². The highest BCUT2D eigenvalue weighted by molar-refractivity contribution is 5.81. The molecule has 6 heteroatoms. The lowest BCUT2D eigenvalue weighted by Crippen LogP contribution is -2.13. The first-order valence-electron chi connectivity index (χ1n) is 7.68. The molecule has 124 valence electrons. The number of aromatic nitrogens is 3. The maximum atomic E-state index is 12.3. The summed E-state index contributed by atoms with van der Waals surface area (Å²) in [5.74, 6) is 1.69. The summed E-state index contributed by atoms with van der Waals surface area (Å²) in [4.78, 5) is 24.1. The van der Waals surface area contributed by atoms with E-state index in [9.17, 15) is 4.79 Å². The quantitative estimate of drug-likeness (QED) is 0.779. The molecule has 0 aliphatic carbocycles. The lowest BCUT2D eigenvalue weighted by atomic mass is 10.1. The van der Waals surface area contributed by atoms with Gasteiger partial charge in [-0.05, 0) is 31.0 Å². The second-order valence-corrected chi connectivity index (χ2v) is 5.50. The second kappa shape index (κ2) is 6.70. The Morgan fingerprint density at radius 3 is 2.58 bits per heavy atom. The van der Waals surface area contributed by atoms with E-state index in [-0.39, 0.29) is 5.56 Å². The Bertz CT molecular complexity index is 934. The molecular weight excluding hydrogens is 306 g/mol. The summed E-state index contributed by atoms with van der Waals surface area (Å²) < 4.78 is 10.5. The maximum absolute atomic E-state index is 12.3. The number of fused-ring (bicyclic) bond motifs is 1. The van der Waals surface area contributed by atoms with Crippen molar-refractivity contribution in [2.45, 2.75) is 19.8 Å². The minimum Gasteiger partial charge on any atom is -0.493 e. The topological polar surface area (TPSA) is 77.1 Å². The second-order valence-electron chi connectivity index (χ2n) is 5.50. The smallest absolute Gasteiger partial charge is 0.258 e. The molecule has 0 spiro atoms. The van der Waals surface area contributed by atoms with Crippen LogP contribution in [0.4, 0.5) is 0 Å². The van der Waals surface area contributed by atoms with Gasteiger partial charge in [-0.25, -0.2) is 4.98 Å². The van der Waals surface area contributed by atoms with Gasteiger partial charge in [0.05, 0.1) is 25.1 Å². The average molecular weight is 325 g/mol. The molecule has 1 aromatic carbocycles. The molecule has 3 rings (SSSR count). The fourth-order valence-electron chi connectivity index (χ4n) is 2.65. The molecule has 0 saturated heterocycles. The number of pyridine rings is 1. The summed E-state index contributed by atoms with van der Waals surface area (Å²) in [5, 5.41) is 0.477. The van der Waals surface area contributed by atoms with Gasteiger partial charge >= 0.3 is 0 Å². The van der Waals surface area contributed by atoms with Crippen molar-refractivity contribution >= 4 is 10.9 Å². The summed E-state index contributed by atoms with van der Waals surface area (Å²) in [6, 6.07) is 7.30. The van der Waals surface area contributed by atoms with Gasteiger partial charge in [0.1, 0.15) is 5.82 Å². The minimum absolute atomic E-state index is 0.186. The van der Waals surface area contributed by atoms with Crippen LogP contribution in [0.15, 0.2) is 35.3 Å². The van der Waals surface area contributed by atoms with Crippen molar-refractivity contribution in [3.05, 3.63) is 57.9 Å². The molecule has 24 heavy (non-hydrogen) atoms. The molecule has 6 nitrogen and oxygen atoms in total. The third-order valence-corrected chi connectivity index (χ3v) is 3.98. The van der Waals surface area contributed by atoms with E-state index in [2.05, 4.69) is 15.0 Å². The van der Waals surface area contributed by atoms with Gasteiger partial charge in [-0.15, -0.1) is 0 Å². The number of nitrogens with one attached hydrogen (secondary N) is 1. The molecule has 0 unspecified atom stereocenters. The van der Waals surface area contributed by atoms with Crippen molar-refractivity contribution in [3.8, 4) is 11.5 Å². The van der Waals surface area contributed by atoms with Crippen molar-refractivity contribution in [3.63, 3.8) is 0 Å². The molecule has 1 N–H and O–H groups in total. The van der Waals surface area contributed by atoms with Crippen LogP contribution in [0.2, 0.25) is 0 Å². The highest BCUT2D eigenvalue weighted by Gasteiger charge is 2.11. The number of benzene rings is 1. The van der Waals surface area contributed by atoms with E-state index in [0.29, 0.717) is 41.1 Å². The average Bonchev–Trinajstić information content (AvgIpc) is 2.60. The summed E-state index contributed by atoms with van der Waals surface area (Å²) in [5.41, 5.74) is 2.54. The van der Waals surface area contributed by atoms with Gasteiger partial charge in [-0.1, -0.05) is 6.07 Å². The van der Waals surface area contributed by atoms with Crippen LogP contribution in [0.1, 0.15) is 17.1 Å². The predicted octanol–water partition coefficient (Wildman–Crippen LogP) is 2.43. The summed E-state index contributed by atoms with van der Waals surface area (Å²) >= 11 is 0. The fourth-order valence-corrected chi connectivity index (χ4v) is 2.65. The number of aromatic amines is 1. The summed E-state index contributed by atoms with van der Waals surface area (Å²) in [7, 11) is 3.09. The van der Waals surface area contributed by atoms with Gasteiger partial charge in [0.15, 0.2) is 11.5 Å². The number of hydrogen-bond donors (Lipinski definition) is 1. The summed E-state index contributed by atoms with van der Waals surface area (Å²) in [6.45, 7) is 2.02. The number of methoxy groups -OCH3 is 2. The van der Waals surface area contributed by atoms with Gasteiger partial charge in [-0.2, -0.15) is 0 Å². The standard InChI is InChI=1S/C18H19N3O3/c1-11-5-4-8-19-13(11)6-7-17-20-14-10-16(24-3)15(23-2)9-12(14)18(22)21-17/h4-5,8-10H,6-7H2,1-3H3,(H,20,21,22). The Balaban J connectivity index is 1.95. The molecular formula is C18H19N3O3. The SMILES string of the molecule is COc1cc2nc(CCc3ncccc3C)[nH]c(=O)c2cc1OC. The van der Waals surface area contributed by atoms with Crippen molar-refractivity contribution in [2.24, 2.45) is 0 Å². The first-order valence-corrected chi connectivity index (χ1v) is 7.68. The lowest BCUT2D eigenvalue weighted by Gasteiger charge is -2.09. The van der Waals surface area contributed by atoms with Crippen LogP contribution in [0.25, 0.3) is 10.9 Å². The largest absolute Gasteiger partial charge is 0.493 e. The zero-order valence-electron chi connectivity index (χ0n) is 13.9. The molecule has 0 amide bonds. The zero-order chi connectivity index (χ0) is 17.1. The van der Waals surface area contributed by atoms with E-state index in [1.807, 2.05) is 19.1 Å². The van der Waals surface area contributed by atoms with Crippen LogP contribution in [0, 0.1) is 6.92 Å². The Hall–Kier alpha value is -2.89. The highest BCUT2D eigenvalue weighted by atomic mass is 16.5. The van der Waals surface area contributed by atoms with Gasteiger partial charge in [0, 0.05) is 24.4 Å². The van der Waals surface area contributed by atoms with Crippen molar-refractivity contribution in [2.75, 3.05) is 14.2 Å². The van der Waals surface area contributed by atoms with E-state index in [0.717, 1.165) is 11.3 Å². The number of rotatable bonds is 5. The first kappa shape index (κ1) is 16.0. The van der Waals surface area contributed by atoms with Gasteiger partial charge in [-0.3, -0.25) is 9.78 Å². The highest BCUT2D eigenvalue weighted by Crippen LogP contribution is 2.29. The van der Waals surface area contributed by atoms with Crippen molar-refractivity contribution in [1.29, 1.82) is 0 Å². The van der Waals surface area contributed by atoms with Crippen LogP contribution in [0.5, 0.6) is 11.5 Å². The predicted molar refractivity (Wildman–Crippen MR) is 91.8 cm³/mol. The Labute approximate surface area is 139 Å². The van der Waals surface area contributed by atoms with Crippen molar-refractivity contribution in [1.82, 2.24) is 15.0 Å². The zero-order valence-corrected chi connectivity index (χ0v) is 13.9. The third kappa shape index (κ3) is 3.08. The van der Waals surface area contributed by atoms with Gasteiger partial charge in [0.2, 0.25) is 0 Å². The molecule has 0 saturated carbocycles. The number of ether oxygens (including phenoxy) is 2. The Kier molecular flexibility index (Phi) is 4.46. The Morgan fingerprint density at radius 1 is 1.12 bits per heavy atom. The molecule has 0 fully saturated rings. The van der Waals surface area contributed by atoms with Gasteiger partial charge < -0.3 is 14.5 Å². The number of nitrogens with zero attached hydrogens (tertiary/aromatic N) is 2. The molecule has 0 aliphatic rings. The van der Waals surface area contributed by atoms with E-state index in [1.54, 1.807) is 25.4 Å². The van der Waals surface area contributed by atoms with E-state index in [4.69, 9.17) is 9.47 Å². The lowest BCUT2D eigenvalue weighted by molar-refractivity contribution is 0.355.